The summed E-state index contributed by atoms with van der Waals surface area (Å²) in [4.78, 5) is 24.2. The Morgan fingerprint density at radius 3 is 1.29 bits per heavy atom. The van der Waals surface area contributed by atoms with Crippen LogP contribution in [0.15, 0.2) is 36.5 Å². The predicted octanol–water partition coefficient (Wildman–Crippen LogP) is 12.8. The smallest absolute Gasteiger partial charge is 0.306 e. The molecule has 0 radical (unpaired) electrons. The van der Waals surface area contributed by atoms with Crippen molar-refractivity contribution in [2.45, 2.75) is 213 Å². The van der Waals surface area contributed by atoms with Gasteiger partial charge in [0.15, 0.2) is 6.10 Å². The van der Waals surface area contributed by atoms with Gasteiger partial charge in [0.1, 0.15) is 6.61 Å². The number of carbonyl (C=O) groups excluding carboxylic acids is 2. The van der Waals surface area contributed by atoms with Crippen molar-refractivity contribution in [3.63, 3.8) is 0 Å². The van der Waals surface area contributed by atoms with E-state index in [4.69, 9.17) is 9.47 Å². The average molecular weight is 675 g/mol. The number of unbranched alkanes of at least 4 members (excludes halogenated alkanes) is 23. The average Bonchev–Trinajstić information content (AvgIpc) is 3.09. The first-order valence-corrected chi connectivity index (χ1v) is 20.5. The lowest BCUT2D eigenvalue weighted by Crippen LogP contribution is -2.28. The zero-order valence-electron chi connectivity index (χ0n) is 31.7. The minimum Gasteiger partial charge on any atom is -0.462 e. The van der Waals surface area contributed by atoms with Crippen LogP contribution in [0.1, 0.15) is 206 Å². The summed E-state index contributed by atoms with van der Waals surface area (Å²) < 4.78 is 10.6. The SMILES string of the molecule is CCCCCC=CCC=CCC=CCCCCC(=O)O[C@@H](CO)COC(=O)CCCCCCCCCCCCCCCCCCCCC. The molecular weight excluding hydrogens is 596 g/mol. The number of aliphatic hydroxyl groups is 1. The lowest BCUT2D eigenvalue weighted by molar-refractivity contribution is -0.161. The highest BCUT2D eigenvalue weighted by atomic mass is 16.6. The van der Waals surface area contributed by atoms with Crippen molar-refractivity contribution in [2.75, 3.05) is 13.2 Å². The molecule has 5 heteroatoms. The van der Waals surface area contributed by atoms with E-state index in [0.717, 1.165) is 51.4 Å². The summed E-state index contributed by atoms with van der Waals surface area (Å²) in [6.07, 6.45) is 47.8. The molecule has 280 valence electrons. The second kappa shape index (κ2) is 39.6. The monoisotopic (exact) mass is 675 g/mol. The standard InChI is InChI=1S/C43H78O5/c1-3-5-7-9-11-13-15-17-19-20-21-22-24-25-27-29-31-33-35-37-42(45)47-40-41(39-44)48-43(46)38-36-34-32-30-28-26-23-18-16-14-12-10-8-6-4-2/h12,14,18,23,28,30,41,44H,3-11,13,15-17,19-22,24-27,29,31-40H2,1-2H3/t41-/m0/s1. The summed E-state index contributed by atoms with van der Waals surface area (Å²) >= 11 is 0. The van der Waals surface area contributed by atoms with Crippen LogP contribution >= 0.6 is 0 Å². The fraction of sp³-hybridized carbons (Fsp3) is 0.814. The van der Waals surface area contributed by atoms with E-state index in [-0.39, 0.29) is 25.2 Å². The van der Waals surface area contributed by atoms with Gasteiger partial charge < -0.3 is 14.6 Å². The van der Waals surface area contributed by atoms with E-state index in [2.05, 4.69) is 50.3 Å². The van der Waals surface area contributed by atoms with Crippen LogP contribution in [-0.2, 0) is 19.1 Å². The van der Waals surface area contributed by atoms with Gasteiger partial charge in [-0.25, -0.2) is 0 Å². The molecular formula is C43H78O5. The molecule has 0 fully saturated rings. The molecule has 0 bridgehead atoms. The Labute approximate surface area is 297 Å². The van der Waals surface area contributed by atoms with Crippen molar-refractivity contribution < 1.29 is 24.2 Å². The van der Waals surface area contributed by atoms with Gasteiger partial charge in [-0.05, 0) is 51.4 Å². The lowest BCUT2D eigenvalue weighted by Gasteiger charge is -2.15. The summed E-state index contributed by atoms with van der Waals surface area (Å²) in [6.45, 7) is 4.09. The minimum absolute atomic E-state index is 0.0783. The van der Waals surface area contributed by atoms with Gasteiger partial charge in [0.05, 0.1) is 6.61 Å². The van der Waals surface area contributed by atoms with Crippen molar-refractivity contribution in [3.05, 3.63) is 36.5 Å². The molecule has 0 amide bonds. The van der Waals surface area contributed by atoms with E-state index in [1.165, 1.54) is 128 Å². The minimum atomic E-state index is -0.788. The largest absolute Gasteiger partial charge is 0.462 e. The Morgan fingerprint density at radius 1 is 0.479 bits per heavy atom. The van der Waals surface area contributed by atoms with Crippen molar-refractivity contribution in [3.8, 4) is 0 Å². The quantitative estimate of drug-likeness (QED) is 0.0403. The molecule has 48 heavy (non-hydrogen) atoms. The fourth-order valence-corrected chi connectivity index (χ4v) is 5.80. The van der Waals surface area contributed by atoms with Crippen molar-refractivity contribution in [1.29, 1.82) is 0 Å². The highest BCUT2D eigenvalue weighted by Crippen LogP contribution is 2.15. The van der Waals surface area contributed by atoms with Crippen LogP contribution in [0.4, 0.5) is 0 Å². The van der Waals surface area contributed by atoms with Crippen molar-refractivity contribution in [2.24, 2.45) is 0 Å². The van der Waals surface area contributed by atoms with Crippen molar-refractivity contribution >= 4 is 11.9 Å². The molecule has 5 nitrogen and oxygen atoms in total. The maximum absolute atomic E-state index is 12.1. The first-order chi connectivity index (χ1) is 23.6. The highest BCUT2D eigenvalue weighted by Gasteiger charge is 2.16. The number of ether oxygens (including phenoxy) is 2. The number of hydrogen-bond acceptors (Lipinski definition) is 5. The third kappa shape index (κ3) is 36.9. The summed E-state index contributed by atoms with van der Waals surface area (Å²) in [7, 11) is 0. The molecule has 0 aliphatic rings. The molecule has 0 saturated heterocycles. The van der Waals surface area contributed by atoms with Gasteiger partial charge in [-0.2, -0.15) is 0 Å². The molecule has 0 aromatic heterocycles. The van der Waals surface area contributed by atoms with Crippen LogP contribution < -0.4 is 0 Å². The van der Waals surface area contributed by atoms with Crippen LogP contribution in [-0.4, -0.2) is 36.4 Å². The van der Waals surface area contributed by atoms with E-state index >= 15 is 0 Å². The first-order valence-electron chi connectivity index (χ1n) is 20.5. The first kappa shape index (κ1) is 46.1. The molecule has 0 rings (SSSR count). The maximum Gasteiger partial charge on any atom is 0.306 e. The number of aliphatic hydroxyl groups excluding tert-OH is 1. The van der Waals surface area contributed by atoms with Gasteiger partial charge in [0.25, 0.3) is 0 Å². The van der Waals surface area contributed by atoms with Gasteiger partial charge in [-0.1, -0.05) is 179 Å². The van der Waals surface area contributed by atoms with Gasteiger partial charge in [0.2, 0.25) is 0 Å². The lowest BCUT2D eigenvalue weighted by atomic mass is 10.0. The number of esters is 2. The second-order valence-electron chi connectivity index (χ2n) is 13.7. The van der Waals surface area contributed by atoms with Gasteiger partial charge >= 0.3 is 11.9 Å². The van der Waals surface area contributed by atoms with Gasteiger partial charge in [-0.15, -0.1) is 0 Å². The molecule has 0 aromatic carbocycles. The van der Waals surface area contributed by atoms with Crippen LogP contribution in [0.3, 0.4) is 0 Å². The van der Waals surface area contributed by atoms with E-state index in [1.54, 1.807) is 0 Å². The van der Waals surface area contributed by atoms with E-state index in [9.17, 15) is 14.7 Å². The summed E-state index contributed by atoms with van der Waals surface area (Å²) in [6, 6.07) is 0. The number of rotatable bonds is 37. The summed E-state index contributed by atoms with van der Waals surface area (Å²) in [5.41, 5.74) is 0. The topological polar surface area (TPSA) is 72.8 Å². The number of allylic oxidation sites excluding steroid dienone is 6. The van der Waals surface area contributed by atoms with Crippen LogP contribution in [0, 0.1) is 0 Å². The van der Waals surface area contributed by atoms with Crippen molar-refractivity contribution in [1.82, 2.24) is 0 Å². The molecule has 1 atom stereocenters. The predicted molar refractivity (Wildman–Crippen MR) is 205 cm³/mol. The Hall–Kier alpha value is -1.88. The third-order valence-electron chi connectivity index (χ3n) is 8.94. The second-order valence-corrected chi connectivity index (χ2v) is 13.7. The molecule has 0 aliphatic carbocycles. The Kier molecular flexibility index (Phi) is 38.0. The fourth-order valence-electron chi connectivity index (χ4n) is 5.80. The van der Waals surface area contributed by atoms with Gasteiger partial charge in [0, 0.05) is 12.8 Å². The highest BCUT2D eigenvalue weighted by molar-refractivity contribution is 5.70. The zero-order chi connectivity index (χ0) is 35.0. The normalized spacial score (nSPS) is 12.5. The Bertz CT molecular complexity index is 771. The zero-order valence-corrected chi connectivity index (χ0v) is 31.7. The Balaban J connectivity index is 3.56. The van der Waals surface area contributed by atoms with Crippen LogP contribution in [0.25, 0.3) is 0 Å². The molecule has 0 saturated carbocycles. The molecule has 0 aliphatic heterocycles. The maximum atomic E-state index is 12.1. The van der Waals surface area contributed by atoms with E-state index in [0.29, 0.717) is 12.8 Å². The molecule has 0 unspecified atom stereocenters. The molecule has 0 aromatic rings. The van der Waals surface area contributed by atoms with Crippen LogP contribution in [0.5, 0.6) is 0 Å². The number of carbonyl (C=O) groups is 2. The van der Waals surface area contributed by atoms with Crippen LogP contribution in [0.2, 0.25) is 0 Å². The summed E-state index contributed by atoms with van der Waals surface area (Å²) in [5.74, 6) is -0.629. The third-order valence-corrected chi connectivity index (χ3v) is 8.94. The molecule has 0 spiro atoms. The molecule has 0 heterocycles. The number of hydrogen-bond donors (Lipinski definition) is 1. The van der Waals surface area contributed by atoms with E-state index < -0.39 is 6.10 Å². The molecule has 1 N–H and O–H groups in total. The van der Waals surface area contributed by atoms with E-state index in [1.807, 2.05) is 0 Å². The Morgan fingerprint density at radius 2 is 0.833 bits per heavy atom. The van der Waals surface area contributed by atoms with Gasteiger partial charge in [-0.3, -0.25) is 9.59 Å². The summed E-state index contributed by atoms with van der Waals surface area (Å²) in [5, 5.41) is 9.55.